The molecule has 2 heteroatoms. The Balaban J connectivity index is 2.11. The lowest BCUT2D eigenvalue weighted by molar-refractivity contribution is 0.347. The molecule has 1 nitrogen and oxygen atoms in total. The number of rotatable bonds is 2. The summed E-state index contributed by atoms with van der Waals surface area (Å²) in [5, 5.41) is 0. The van der Waals surface area contributed by atoms with E-state index in [1.807, 2.05) is 0 Å². The van der Waals surface area contributed by atoms with Crippen molar-refractivity contribution in [1.29, 1.82) is 0 Å². The second-order valence-corrected chi connectivity index (χ2v) is 4.91. The van der Waals surface area contributed by atoms with Gasteiger partial charge in [0.15, 0.2) is 0 Å². The van der Waals surface area contributed by atoms with Crippen LogP contribution in [0.1, 0.15) is 19.8 Å². The standard InChI is InChI=1S/C7H14IN/c1-7(8)6-9-4-2-3-5-9/h7H,2-6H2,1H3. The van der Waals surface area contributed by atoms with Gasteiger partial charge in [0.25, 0.3) is 0 Å². The van der Waals surface area contributed by atoms with E-state index >= 15 is 0 Å². The van der Waals surface area contributed by atoms with Crippen LogP contribution in [0.4, 0.5) is 0 Å². The van der Waals surface area contributed by atoms with E-state index < -0.39 is 0 Å². The maximum absolute atomic E-state index is 2.55. The molecule has 1 aliphatic rings. The topological polar surface area (TPSA) is 3.24 Å². The Hall–Kier alpha value is 0.690. The van der Waals surface area contributed by atoms with Gasteiger partial charge in [-0.25, -0.2) is 0 Å². The largest absolute Gasteiger partial charge is 0.302 e. The van der Waals surface area contributed by atoms with E-state index in [1.165, 1.54) is 32.5 Å². The quantitative estimate of drug-likeness (QED) is 0.525. The molecule has 0 aromatic heterocycles. The molecule has 0 bridgehead atoms. The van der Waals surface area contributed by atoms with Gasteiger partial charge in [-0.1, -0.05) is 29.5 Å². The van der Waals surface area contributed by atoms with E-state index in [4.69, 9.17) is 0 Å². The van der Waals surface area contributed by atoms with E-state index in [-0.39, 0.29) is 0 Å². The van der Waals surface area contributed by atoms with Crippen molar-refractivity contribution in [2.45, 2.75) is 23.7 Å². The van der Waals surface area contributed by atoms with Crippen molar-refractivity contribution in [3.05, 3.63) is 0 Å². The molecule has 0 radical (unpaired) electrons. The van der Waals surface area contributed by atoms with Crippen LogP contribution in [0.25, 0.3) is 0 Å². The molecule has 1 rings (SSSR count). The molecule has 0 aromatic carbocycles. The summed E-state index contributed by atoms with van der Waals surface area (Å²) in [7, 11) is 0. The zero-order chi connectivity index (χ0) is 6.69. The van der Waals surface area contributed by atoms with E-state index in [0.717, 1.165) is 3.92 Å². The zero-order valence-electron chi connectivity index (χ0n) is 5.94. The number of hydrogen-bond acceptors (Lipinski definition) is 1. The van der Waals surface area contributed by atoms with E-state index in [2.05, 4.69) is 34.4 Å². The van der Waals surface area contributed by atoms with Gasteiger partial charge in [-0.3, -0.25) is 0 Å². The third-order valence-corrected chi connectivity index (χ3v) is 2.10. The first kappa shape index (κ1) is 7.79. The van der Waals surface area contributed by atoms with Gasteiger partial charge in [-0.2, -0.15) is 0 Å². The fourth-order valence-corrected chi connectivity index (χ4v) is 1.88. The lowest BCUT2D eigenvalue weighted by Gasteiger charge is -2.15. The molecule has 0 spiro atoms. The third kappa shape index (κ3) is 2.85. The Morgan fingerprint density at radius 2 is 2.00 bits per heavy atom. The second kappa shape index (κ2) is 3.76. The highest BCUT2D eigenvalue weighted by Gasteiger charge is 2.12. The van der Waals surface area contributed by atoms with Crippen LogP contribution in [0.3, 0.4) is 0 Å². The number of alkyl halides is 1. The molecular weight excluding hydrogens is 225 g/mol. The molecule has 1 fully saturated rings. The Morgan fingerprint density at radius 3 is 2.44 bits per heavy atom. The van der Waals surface area contributed by atoms with Gasteiger partial charge in [0, 0.05) is 10.5 Å². The van der Waals surface area contributed by atoms with Crippen LogP contribution >= 0.6 is 22.6 Å². The van der Waals surface area contributed by atoms with Crippen LogP contribution in [-0.2, 0) is 0 Å². The van der Waals surface area contributed by atoms with Crippen LogP contribution in [0, 0.1) is 0 Å². The summed E-state index contributed by atoms with van der Waals surface area (Å²) in [6.07, 6.45) is 2.84. The minimum atomic E-state index is 0.820. The molecular formula is C7H14IN. The molecule has 1 aliphatic heterocycles. The van der Waals surface area contributed by atoms with Gasteiger partial charge in [0.05, 0.1) is 0 Å². The third-order valence-electron chi connectivity index (χ3n) is 1.71. The summed E-state index contributed by atoms with van der Waals surface area (Å²) in [4.78, 5) is 2.55. The number of hydrogen-bond donors (Lipinski definition) is 0. The number of halogens is 1. The Kier molecular flexibility index (Phi) is 3.26. The minimum Gasteiger partial charge on any atom is -0.302 e. The molecule has 1 heterocycles. The summed E-state index contributed by atoms with van der Waals surface area (Å²) < 4.78 is 0.820. The fourth-order valence-electron chi connectivity index (χ4n) is 1.32. The van der Waals surface area contributed by atoms with E-state index in [9.17, 15) is 0 Å². The Bertz CT molecular complexity index is 77.0. The van der Waals surface area contributed by atoms with E-state index in [1.54, 1.807) is 0 Å². The normalized spacial score (nSPS) is 24.7. The van der Waals surface area contributed by atoms with Crippen molar-refractivity contribution >= 4 is 22.6 Å². The van der Waals surface area contributed by atoms with Gasteiger partial charge in [-0.15, -0.1) is 0 Å². The Labute approximate surface area is 70.9 Å². The van der Waals surface area contributed by atoms with Crippen molar-refractivity contribution in [1.82, 2.24) is 4.90 Å². The first-order valence-electron chi connectivity index (χ1n) is 3.65. The molecule has 1 saturated heterocycles. The summed E-state index contributed by atoms with van der Waals surface area (Å²) in [6.45, 7) is 6.25. The summed E-state index contributed by atoms with van der Waals surface area (Å²) in [5.74, 6) is 0. The molecule has 54 valence electrons. The maximum Gasteiger partial charge on any atom is 0.0209 e. The van der Waals surface area contributed by atoms with Crippen LogP contribution in [0.15, 0.2) is 0 Å². The first-order valence-corrected chi connectivity index (χ1v) is 4.90. The maximum atomic E-state index is 2.55. The van der Waals surface area contributed by atoms with Crippen LogP contribution in [-0.4, -0.2) is 28.5 Å². The first-order chi connectivity index (χ1) is 4.29. The molecule has 1 unspecified atom stereocenters. The van der Waals surface area contributed by atoms with Gasteiger partial charge in [-0.05, 0) is 25.9 Å². The molecule has 0 N–H and O–H groups in total. The second-order valence-electron chi connectivity index (χ2n) is 2.79. The molecule has 1 atom stereocenters. The fraction of sp³-hybridized carbons (Fsp3) is 1.00. The van der Waals surface area contributed by atoms with Gasteiger partial charge in [0.1, 0.15) is 0 Å². The van der Waals surface area contributed by atoms with Crippen LogP contribution in [0.2, 0.25) is 0 Å². The molecule has 9 heavy (non-hydrogen) atoms. The van der Waals surface area contributed by atoms with Gasteiger partial charge in [0.2, 0.25) is 0 Å². The SMILES string of the molecule is CC(I)CN1CCCC1. The van der Waals surface area contributed by atoms with Crippen LogP contribution < -0.4 is 0 Å². The summed E-state index contributed by atoms with van der Waals surface area (Å²) in [5.41, 5.74) is 0. The molecule has 0 amide bonds. The monoisotopic (exact) mass is 239 g/mol. The highest BCUT2D eigenvalue weighted by atomic mass is 127. The van der Waals surface area contributed by atoms with Crippen molar-refractivity contribution in [3.8, 4) is 0 Å². The smallest absolute Gasteiger partial charge is 0.0209 e. The number of nitrogens with zero attached hydrogens (tertiary/aromatic N) is 1. The highest BCUT2D eigenvalue weighted by Crippen LogP contribution is 2.10. The Morgan fingerprint density at radius 1 is 1.44 bits per heavy atom. The van der Waals surface area contributed by atoms with Crippen molar-refractivity contribution in [2.24, 2.45) is 0 Å². The highest BCUT2D eigenvalue weighted by molar-refractivity contribution is 14.1. The van der Waals surface area contributed by atoms with Crippen molar-refractivity contribution in [2.75, 3.05) is 19.6 Å². The predicted octanol–water partition coefficient (Wildman–Crippen LogP) is 1.91. The van der Waals surface area contributed by atoms with Gasteiger partial charge >= 0.3 is 0 Å². The van der Waals surface area contributed by atoms with E-state index in [0.29, 0.717) is 0 Å². The molecule has 0 aromatic rings. The average Bonchev–Trinajstić information content (AvgIpc) is 2.15. The average molecular weight is 239 g/mol. The van der Waals surface area contributed by atoms with Crippen molar-refractivity contribution < 1.29 is 0 Å². The molecule has 0 aliphatic carbocycles. The molecule has 0 saturated carbocycles. The summed E-state index contributed by atoms with van der Waals surface area (Å²) in [6, 6.07) is 0. The predicted molar refractivity (Wildman–Crippen MR) is 49.2 cm³/mol. The lowest BCUT2D eigenvalue weighted by Crippen LogP contribution is -2.25. The number of likely N-dealkylation sites (tertiary alicyclic amines) is 1. The van der Waals surface area contributed by atoms with Crippen LogP contribution in [0.5, 0.6) is 0 Å². The van der Waals surface area contributed by atoms with Gasteiger partial charge < -0.3 is 4.90 Å². The zero-order valence-corrected chi connectivity index (χ0v) is 8.10. The lowest BCUT2D eigenvalue weighted by atomic mass is 10.4. The minimum absolute atomic E-state index is 0.820. The summed E-state index contributed by atoms with van der Waals surface area (Å²) >= 11 is 2.49. The van der Waals surface area contributed by atoms with Crippen molar-refractivity contribution in [3.63, 3.8) is 0 Å².